The predicted molar refractivity (Wildman–Crippen MR) is 108 cm³/mol. The van der Waals surface area contributed by atoms with Crippen molar-refractivity contribution in [2.75, 3.05) is 11.9 Å². The minimum atomic E-state index is -0.0363. The van der Waals surface area contributed by atoms with E-state index in [-0.39, 0.29) is 12.5 Å². The topological polar surface area (TPSA) is 64.2 Å². The van der Waals surface area contributed by atoms with E-state index in [1.54, 1.807) is 11.9 Å². The van der Waals surface area contributed by atoms with E-state index in [0.717, 1.165) is 16.8 Å². The molecule has 0 bridgehead atoms. The Labute approximate surface area is 163 Å². The van der Waals surface area contributed by atoms with Gasteiger partial charge in [-0.25, -0.2) is 0 Å². The Bertz CT molecular complexity index is 1100. The zero-order chi connectivity index (χ0) is 19.5. The van der Waals surface area contributed by atoms with Crippen LogP contribution in [0.3, 0.4) is 0 Å². The Morgan fingerprint density at radius 3 is 2.68 bits per heavy atom. The molecule has 0 unspecified atom stereocenters. The number of likely N-dealkylation sites (N-methyl/N-ethyl adjacent to an activating group) is 1. The summed E-state index contributed by atoms with van der Waals surface area (Å²) >= 11 is 0. The van der Waals surface area contributed by atoms with Gasteiger partial charge in [0.25, 0.3) is 5.89 Å². The lowest BCUT2D eigenvalue weighted by atomic mass is 10.2. The highest BCUT2D eigenvalue weighted by atomic mass is 16.5. The van der Waals surface area contributed by atoms with E-state index >= 15 is 0 Å². The Kier molecular flexibility index (Phi) is 4.76. The number of hydrogen-bond donors (Lipinski definition) is 0. The van der Waals surface area contributed by atoms with Crippen LogP contribution in [0.25, 0.3) is 23.0 Å². The van der Waals surface area contributed by atoms with Crippen molar-refractivity contribution < 1.29 is 9.32 Å². The third kappa shape index (κ3) is 3.57. The molecule has 0 radical (unpaired) electrons. The van der Waals surface area contributed by atoms with Gasteiger partial charge in [0.1, 0.15) is 12.2 Å². The molecule has 28 heavy (non-hydrogen) atoms. The largest absolute Gasteiger partial charge is 0.334 e. The van der Waals surface area contributed by atoms with Crippen molar-refractivity contribution in [3.8, 4) is 23.0 Å². The summed E-state index contributed by atoms with van der Waals surface area (Å²) in [5, 5.41) is 4.06. The van der Waals surface area contributed by atoms with Crippen LogP contribution >= 0.6 is 0 Å². The maximum atomic E-state index is 12.8. The van der Waals surface area contributed by atoms with E-state index in [1.165, 1.54) is 0 Å². The fourth-order valence-electron chi connectivity index (χ4n) is 3.01. The van der Waals surface area contributed by atoms with E-state index in [0.29, 0.717) is 17.4 Å². The van der Waals surface area contributed by atoms with Crippen molar-refractivity contribution in [1.29, 1.82) is 0 Å². The van der Waals surface area contributed by atoms with Crippen LogP contribution in [0.4, 0.5) is 5.69 Å². The molecule has 2 aromatic carbocycles. The number of aryl methyl sites for hydroxylation is 1. The van der Waals surface area contributed by atoms with Gasteiger partial charge >= 0.3 is 0 Å². The zero-order valence-corrected chi connectivity index (χ0v) is 15.7. The average Bonchev–Trinajstić information content (AvgIpc) is 3.37. The Hall–Kier alpha value is -3.67. The van der Waals surface area contributed by atoms with Crippen molar-refractivity contribution in [1.82, 2.24) is 14.7 Å². The normalized spacial score (nSPS) is 10.8. The van der Waals surface area contributed by atoms with Crippen LogP contribution in [0.2, 0.25) is 0 Å². The van der Waals surface area contributed by atoms with E-state index in [4.69, 9.17) is 4.52 Å². The third-order valence-electron chi connectivity index (χ3n) is 4.58. The van der Waals surface area contributed by atoms with Gasteiger partial charge < -0.3 is 14.0 Å². The molecule has 2 heterocycles. The monoisotopic (exact) mass is 372 g/mol. The maximum Gasteiger partial charge on any atom is 0.274 e. The molecule has 2 aromatic heterocycles. The van der Waals surface area contributed by atoms with Gasteiger partial charge in [0.05, 0.1) is 0 Å². The standard InChI is InChI=1S/C22H20N4O2/c1-16-8-6-11-18(14-16)25(2)20(27)15-26-13-7-12-19(26)22-23-21(24-28-22)17-9-4-3-5-10-17/h3-14H,15H2,1-2H3. The molecule has 4 aromatic rings. The molecule has 0 spiro atoms. The first-order valence-electron chi connectivity index (χ1n) is 9.00. The second-order valence-electron chi connectivity index (χ2n) is 6.60. The SMILES string of the molecule is Cc1cccc(N(C)C(=O)Cn2cccc2-c2nc(-c3ccccc3)no2)c1. The van der Waals surface area contributed by atoms with Crippen molar-refractivity contribution in [3.63, 3.8) is 0 Å². The highest BCUT2D eigenvalue weighted by Crippen LogP contribution is 2.23. The lowest BCUT2D eigenvalue weighted by molar-refractivity contribution is -0.118. The van der Waals surface area contributed by atoms with Gasteiger partial charge in [-0.3, -0.25) is 4.79 Å². The first-order valence-corrected chi connectivity index (χ1v) is 9.00. The number of hydrogen-bond acceptors (Lipinski definition) is 4. The summed E-state index contributed by atoms with van der Waals surface area (Å²) in [6.45, 7) is 2.18. The molecule has 4 rings (SSSR count). The zero-order valence-electron chi connectivity index (χ0n) is 15.7. The Morgan fingerprint density at radius 1 is 1.07 bits per heavy atom. The molecule has 0 fully saturated rings. The molecule has 0 aliphatic heterocycles. The smallest absolute Gasteiger partial charge is 0.274 e. The first kappa shape index (κ1) is 17.7. The van der Waals surface area contributed by atoms with Gasteiger partial charge in [0.15, 0.2) is 0 Å². The molecule has 0 N–H and O–H groups in total. The van der Waals surface area contributed by atoms with Gasteiger partial charge in [-0.1, -0.05) is 47.6 Å². The Balaban J connectivity index is 1.55. The molecule has 0 saturated heterocycles. The van der Waals surface area contributed by atoms with Crippen LogP contribution in [0.5, 0.6) is 0 Å². The number of carbonyl (C=O) groups excluding carboxylic acids is 1. The number of aromatic nitrogens is 3. The summed E-state index contributed by atoms with van der Waals surface area (Å²) < 4.78 is 7.26. The van der Waals surface area contributed by atoms with Crippen molar-refractivity contribution in [2.45, 2.75) is 13.5 Å². The molecule has 0 saturated carbocycles. The highest BCUT2D eigenvalue weighted by molar-refractivity contribution is 5.93. The van der Waals surface area contributed by atoms with Crippen LogP contribution in [-0.4, -0.2) is 27.7 Å². The van der Waals surface area contributed by atoms with E-state index in [1.807, 2.05) is 84.4 Å². The van der Waals surface area contributed by atoms with Crippen LogP contribution in [0.1, 0.15) is 5.56 Å². The number of rotatable bonds is 5. The third-order valence-corrected chi connectivity index (χ3v) is 4.58. The molecule has 140 valence electrons. The molecule has 0 atom stereocenters. The number of amides is 1. The second-order valence-corrected chi connectivity index (χ2v) is 6.60. The Morgan fingerprint density at radius 2 is 1.89 bits per heavy atom. The highest BCUT2D eigenvalue weighted by Gasteiger charge is 2.17. The molecular weight excluding hydrogens is 352 g/mol. The number of carbonyl (C=O) groups is 1. The summed E-state index contributed by atoms with van der Waals surface area (Å²) in [6.07, 6.45) is 1.84. The summed E-state index contributed by atoms with van der Waals surface area (Å²) in [4.78, 5) is 18.9. The molecule has 0 aliphatic rings. The lowest BCUT2D eigenvalue weighted by Gasteiger charge is -2.18. The summed E-state index contributed by atoms with van der Waals surface area (Å²) in [7, 11) is 1.78. The fraction of sp³-hybridized carbons (Fsp3) is 0.136. The van der Waals surface area contributed by atoms with Crippen molar-refractivity contribution in [2.24, 2.45) is 0 Å². The number of nitrogens with zero attached hydrogens (tertiary/aromatic N) is 4. The molecular formula is C22H20N4O2. The van der Waals surface area contributed by atoms with Gasteiger partial charge in [-0.2, -0.15) is 4.98 Å². The molecule has 0 aliphatic carbocycles. The maximum absolute atomic E-state index is 12.8. The minimum Gasteiger partial charge on any atom is -0.334 e. The van der Waals surface area contributed by atoms with E-state index < -0.39 is 0 Å². The van der Waals surface area contributed by atoms with Crippen molar-refractivity contribution >= 4 is 11.6 Å². The van der Waals surface area contributed by atoms with E-state index in [9.17, 15) is 4.79 Å². The summed E-state index contributed by atoms with van der Waals surface area (Å²) in [6, 6.07) is 21.2. The average molecular weight is 372 g/mol. The van der Waals surface area contributed by atoms with Crippen LogP contribution in [0, 0.1) is 6.92 Å². The van der Waals surface area contributed by atoms with Gasteiger partial charge in [0.2, 0.25) is 11.7 Å². The van der Waals surface area contributed by atoms with Crippen LogP contribution in [-0.2, 0) is 11.3 Å². The first-order chi connectivity index (χ1) is 13.6. The van der Waals surface area contributed by atoms with Gasteiger partial charge in [-0.15, -0.1) is 0 Å². The summed E-state index contributed by atoms with van der Waals surface area (Å²) in [5.41, 5.74) is 3.56. The van der Waals surface area contributed by atoms with Gasteiger partial charge in [-0.05, 0) is 36.8 Å². The second kappa shape index (κ2) is 7.52. The van der Waals surface area contributed by atoms with Crippen LogP contribution < -0.4 is 4.90 Å². The van der Waals surface area contributed by atoms with E-state index in [2.05, 4.69) is 10.1 Å². The molecule has 6 heteroatoms. The van der Waals surface area contributed by atoms with Crippen molar-refractivity contribution in [3.05, 3.63) is 78.5 Å². The molecule has 6 nitrogen and oxygen atoms in total. The molecule has 1 amide bonds. The quantitative estimate of drug-likeness (QED) is 0.527. The lowest BCUT2D eigenvalue weighted by Crippen LogP contribution is -2.30. The fourth-order valence-corrected chi connectivity index (χ4v) is 3.01. The minimum absolute atomic E-state index is 0.0363. The summed E-state index contributed by atoms with van der Waals surface area (Å²) in [5.74, 6) is 0.868. The number of benzene rings is 2. The van der Waals surface area contributed by atoms with Crippen LogP contribution in [0.15, 0.2) is 77.4 Å². The van der Waals surface area contributed by atoms with Gasteiger partial charge in [0, 0.05) is 24.5 Å². The predicted octanol–water partition coefficient (Wildman–Crippen LogP) is 4.18. The number of anilines is 1.